The number of aromatic nitrogens is 4. The maximum absolute atomic E-state index is 13.1. The number of carboxylic acid groups (broad SMARTS) is 1. The molecule has 0 spiro atoms. The molecule has 61 heavy (non-hydrogen) atoms. The van der Waals surface area contributed by atoms with E-state index in [-0.39, 0.29) is 42.3 Å². The third-order valence-electron chi connectivity index (χ3n) is 9.92. The maximum atomic E-state index is 13.1. The van der Waals surface area contributed by atoms with E-state index in [2.05, 4.69) is 25.9 Å². The van der Waals surface area contributed by atoms with E-state index in [1.807, 2.05) is 0 Å². The van der Waals surface area contributed by atoms with E-state index in [1.54, 1.807) is 83.9 Å². The Balaban J connectivity index is 0.000000184. The van der Waals surface area contributed by atoms with E-state index in [9.17, 15) is 28.8 Å². The summed E-state index contributed by atoms with van der Waals surface area (Å²) >= 11 is 11.7. The Morgan fingerprint density at radius 2 is 1.08 bits per heavy atom. The second-order valence-corrected chi connectivity index (χ2v) is 15.2. The first-order chi connectivity index (χ1) is 29.5. The normalized spacial score (nSPS) is 13.2. The summed E-state index contributed by atoms with van der Waals surface area (Å²) in [5.74, 6) is -2.42. The number of likely N-dealkylation sites (tertiary alicyclic amines) is 1. The summed E-state index contributed by atoms with van der Waals surface area (Å²) in [6.45, 7) is 3.64. The Bertz CT molecular complexity index is 2630. The van der Waals surface area contributed by atoms with Crippen LogP contribution in [0.2, 0.25) is 10.0 Å². The number of halogens is 2. The van der Waals surface area contributed by atoms with Crippen LogP contribution in [0.1, 0.15) is 57.5 Å². The summed E-state index contributed by atoms with van der Waals surface area (Å²) in [5.41, 5.74) is 0.906. The number of fused-ring (bicyclic) bond motifs is 2. The van der Waals surface area contributed by atoms with Gasteiger partial charge in [0.1, 0.15) is 35.5 Å². The number of carboxylic acids is 1. The Labute approximate surface area is 360 Å². The Morgan fingerprint density at radius 3 is 1.49 bits per heavy atom. The lowest BCUT2D eigenvalue weighted by atomic mass is 10.1. The molecule has 3 amide bonds. The van der Waals surface area contributed by atoms with E-state index in [1.165, 1.54) is 48.8 Å². The molecule has 2 aliphatic heterocycles. The number of carbonyl (C=O) groups excluding carboxylic acids is 3. The fraction of sp³-hybridized carbons (Fsp3) is 0.273. The summed E-state index contributed by atoms with van der Waals surface area (Å²) in [6, 6.07) is 23.8. The summed E-state index contributed by atoms with van der Waals surface area (Å²) < 4.78 is 2.28. The molecule has 0 atom stereocenters. The quantitative estimate of drug-likeness (QED) is 0.145. The molecule has 17 heteroatoms. The predicted octanol–water partition coefficient (Wildman–Crippen LogP) is 5.04. The van der Waals surface area contributed by atoms with E-state index in [0.29, 0.717) is 39.6 Å². The second-order valence-electron chi connectivity index (χ2n) is 14.3. The van der Waals surface area contributed by atoms with Crippen molar-refractivity contribution in [3.63, 3.8) is 0 Å². The van der Waals surface area contributed by atoms with Crippen molar-refractivity contribution >= 4 is 69.0 Å². The van der Waals surface area contributed by atoms with Gasteiger partial charge in [-0.1, -0.05) is 47.5 Å². The average Bonchev–Trinajstić information content (AvgIpc) is 4.04. The van der Waals surface area contributed by atoms with Crippen LogP contribution in [0, 0.1) is 0 Å². The highest BCUT2D eigenvalue weighted by Crippen LogP contribution is 2.15. The zero-order valence-electron chi connectivity index (χ0n) is 33.1. The van der Waals surface area contributed by atoms with Crippen LogP contribution in [0.25, 0.3) is 22.1 Å². The van der Waals surface area contributed by atoms with E-state index in [0.717, 1.165) is 28.5 Å². The fourth-order valence-corrected chi connectivity index (χ4v) is 7.01. The number of carbonyl (C=O) groups is 4. The molecule has 4 N–H and O–H groups in total. The fourth-order valence-electron chi connectivity index (χ4n) is 6.75. The van der Waals surface area contributed by atoms with Crippen molar-refractivity contribution in [2.45, 2.75) is 51.9 Å². The van der Waals surface area contributed by atoms with Gasteiger partial charge in [0.05, 0.1) is 0 Å². The number of pyridine rings is 4. The van der Waals surface area contributed by atoms with Gasteiger partial charge in [0.25, 0.3) is 22.9 Å². The smallest absolute Gasteiger partial charge is 0.323 e. The highest BCUT2D eigenvalue weighted by molar-refractivity contribution is 6.30. The van der Waals surface area contributed by atoms with Crippen LogP contribution in [0.15, 0.2) is 107 Å². The summed E-state index contributed by atoms with van der Waals surface area (Å²) in [5, 5.41) is 20.0. The minimum Gasteiger partial charge on any atom is -0.480 e. The number of rotatable bonds is 10. The first-order valence-electron chi connectivity index (χ1n) is 19.7. The van der Waals surface area contributed by atoms with Gasteiger partial charge in [0, 0.05) is 59.4 Å². The molecule has 0 saturated carbocycles. The molecule has 6 aromatic rings. The van der Waals surface area contributed by atoms with Gasteiger partial charge in [-0.25, -0.2) is 9.97 Å². The SMILES string of the molecule is C1CCNC1.O=C(NCc1ccc(Cl)cc1)c1cc2cccnc2n(CC(=O)N2CCCC2)c1=O.O=C(O)Cn1c(=O)c(C(=O)NCc2ccc(Cl)cc2)cc2cccnc21. The number of nitrogens with zero attached hydrogens (tertiary/aromatic N) is 5. The van der Waals surface area contributed by atoms with Crippen LogP contribution in [-0.4, -0.2) is 79.0 Å². The molecule has 6 heterocycles. The highest BCUT2D eigenvalue weighted by Gasteiger charge is 2.23. The lowest BCUT2D eigenvalue weighted by molar-refractivity contribution is -0.137. The number of nitrogens with one attached hydrogen (secondary N) is 3. The minimum atomic E-state index is -1.20. The number of hydrogen-bond acceptors (Lipinski definition) is 9. The van der Waals surface area contributed by atoms with Crippen LogP contribution in [-0.2, 0) is 35.8 Å². The second kappa shape index (κ2) is 21.2. The van der Waals surface area contributed by atoms with Gasteiger partial charge in [0.2, 0.25) is 5.91 Å². The van der Waals surface area contributed by atoms with Gasteiger partial charge in [0.15, 0.2) is 0 Å². The van der Waals surface area contributed by atoms with Crippen molar-refractivity contribution in [2.24, 2.45) is 0 Å². The molecule has 0 bridgehead atoms. The number of hydrogen-bond donors (Lipinski definition) is 4. The summed E-state index contributed by atoms with van der Waals surface area (Å²) in [4.78, 5) is 84.8. The molecule has 2 aromatic carbocycles. The largest absolute Gasteiger partial charge is 0.480 e. The standard InChI is InChI=1S/C22H21ClN4O3.C18H14ClN3O4.C4H9N/c23-17-7-5-15(6-8-17)13-25-21(29)18-12-16-4-3-9-24-20(16)27(22(18)30)14-19(28)26-10-1-2-11-26;19-13-5-3-11(4-6-13)9-21-17(25)14-8-12-2-1-7-20-16(12)22(18(14)26)10-15(23)24;1-2-4-5-3-1/h3-9,12H,1-2,10-11,13-14H2,(H,25,29);1-8H,9-10H2,(H,21,25)(H,23,24);5H,1-4H2. The number of aliphatic carboxylic acids is 1. The molecule has 2 aliphatic rings. The third kappa shape index (κ3) is 11.9. The van der Waals surface area contributed by atoms with Crippen LogP contribution in [0.3, 0.4) is 0 Å². The van der Waals surface area contributed by atoms with Gasteiger partial charge in [-0.05, 0) is 111 Å². The molecule has 2 fully saturated rings. The minimum absolute atomic E-state index is 0.0151. The van der Waals surface area contributed by atoms with Crippen LogP contribution in [0.5, 0.6) is 0 Å². The van der Waals surface area contributed by atoms with Gasteiger partial charge >= 0.3 is 5.97 Å². The van der Waals surface area contributed by atoms with Gasteiger partial charge in [-0.15, -0.1) is 0 Å². The average molecular weight is 868 g/mol. The summed E-state index contributed by atoms with van der Waals surface area (Å²) in [6.07, 6.45) is 7.73. The van der Waals surface area contributed by atoms with Crippen molar-refractivity contribution in [1.82, 2.24) is 40.0 Å². The molecular formula is C44H44Cl2N8O7. The molecule has 2 saturated heterocycles. The molecule has 8 rings (SSSR count). The monoisotopic (exact) mass is 866 g/mol. The Morgan fingerprint density at radius 1 is 0.639 bits per heavy atom. The van der Waals surface area contributed by atoms with Crippen molar-refractivity contribution in [1.29, 1.82) is 0 Å². The first-order valence-corrected chi connectivity index (χ1v) is 20.5. The van der Waals surface area contributed by atoms with Gasteiger partial charge in [-0.2, -0.15) is 0 Å². The third-order valence-corrected chi connectivity index (χ3v) is 10.4. The molecule has 316 valence electrons. The van der Waals surface area contributed by atoms with Crippen LogP contribution < -0.4 is 27.1 Å². The summed E-state index contributed by atoms with van der Waals surface area (Å²) in [7, 11) is 0. The first kappa shape index (κ1) is 44.1. The zero-order chi connectivity index (χ0) is 43.3. The Hall–Kier alpha value is -6.42. The number of benzene rings is 2. The molecule has 0 unspecified atom stereocenters. The van der Waals surface area contributed by atoms with Crippen molar-refractivity contribution in [3.8, 4) is 0 Å². The van der Waals surface area contributed by atoms with Crippen molar-refractivity contribution in [2.75, 3.05) is 26.2 Å². The number of amides is 3. The topological polar surface area (TPSA) is 198 Å². The van der Waals surface area contributed by atoms with Crippen LogP contribution >= 0.6 is 23.2 Å². The Kier molecular flexibility index (Phi) is 15.3. The van der Waals surface area contributed by atoms with Gasteiger partial charge in [-0.3, -0.25) is 37.9 Å². The highest BCUT2D eigenvalue weighted by atomic mass is 35.5. The molecule has 0 aliphatic carbocycles. The molecule has 0 radical (unpaired) electrons. The zero-order valence-corrected chi connectivity index (χ0v) is 34.6. The lowest BCUT2D eigenvalue weighted by Gasteiger charge is -2.17. The maximum Gasteiger partial charge on any atom is 0.323 e. The molecule has 4 aromatic heterocycles. The van der Waals surface area contributed by atoms with E-state index < -0.39 is 35.4 Å². The van der Waals surface area contributed by atoms with E-state index >= 15 is 0 Å². The lowest BCUT2D eigenvalue weighted by Crippen LogP contribution is -2.38. The van der Waals surface area contributed by atoms with Gasteiger partial charge < -0.3 is 26.0 Å². The predicted molar refractivity (Wildman–Crippen MR) is 233 cm³/mol. The molecular weight excluding hydrogens is 823 g/mol. The van der Waals surface area contributed by atoms with E-state index in [4.69, 9.17) is 28.3 Å². The van der Waals surface area contributed by atoms with Crippen LogP contribution in [0.4, 0.5) is 0 Å². The van der Waals surface area contributed by atoms with Crippen molar-refractivity contribution < 1.29 is 24.3 Å². The molecule has 15 nitrogen and oxygen atoms in total. The van der Waals surface area contributed by atoms with Crippen molar-refractivity contribution in [3.05, 3.63) is 150 Å².